The van der Waals surface area contributed by atoms with E-state index in [9.17, 15) is 18.0 Å². The Morgan fingerprint density at radius 2 is 1.64 bits per heavy atom. The maximum absolute atomic E-state index is 14.3. The van der Waals surface area contributed by atoms with Gasteiger partial charge in [-0.2, -0.15) is 0 Å². The first-order chi connectivity index (χ1) is 21.1. The van der Waals surface area contributed by atoms with Gasteiger partial charge in [-0.3, -0.25) is 13.9 Å². The van der Waals surface area contributed by atoms with Gasteiger partial charge in [0, 0.05) is 25.6 Å². The van der Waals surface area contributed by atoms with E-state index in [-0.39, 0.29) is 30.3 Å². The van der Waals surface area contributed by atoms with Gasteiger partial charge in [0.1, 0.15) is 25.8 Å². The summed E-state index contributed by atoms with van der Waals surface area (Å²) in [4.78, 5) is 29.5. The highest BCUT2D eigenvalue weighted by atomic mass is 35.5. The Hall–Kier alpha value is -3.47. The molecule has 4 rings (SSSR count). The lowest BCUT2D eigenvalue weighted by Crippen LogP contribution is -2.53. The quantitative estimate of drug-likeness (QED) is 0.230. The van der Waals surface area contributed by atoms with Crippen molar-refractivity contribution in [1.82, 2.24) is 10.2 Å². The third-order valence-electron chi connectivity index (χ3n) is 7.23. The normalized spacial score (nSPS) is 13.2. The van der Waals surface area contributed by atoms with Gasteiger partial charge in [0.25, 0.3) is 0 Å². The predicted molar refractivity (Wildman–Crippen MR) is 173 cm³/mol. The summed E-state index contributed by atoms with van der Waals surface area (Å²) in [6.07, 6.45) is 1.88. The van der Waals surface area contributed by atoms with Crippen LogP contribution < -0.4 is 19.1 Å². The number of carbonyl (C=O) groups excluding carboxylic acids is 2. The lowest BCUT2D eigenvalue weighted by atomic mass is 10.0. The van der Waals surface area contributed by atoms with Crippen molar-refractivity contribution in [3.63, 3.8) is 0 Å². The second kappa shape index (κ2) is 15.5. The van der Waals surface area contributed by atoms with Crippen molar-refractivity contribution in [2.24, 2.45) is 0 Å². The molecule has 1 N–H and O–H groups in total. The molecule has 0 aromatic heterocycles. The first kappa shape index (κ1) is 33.4. The smallest absolute Gasteiger partial charge is 0.244 e. The van der Waals surface area contributed by atoms with Crippen LogP contribution in [0.15, 0.2) is 66.7 Å². The zero-order chi connectivity index (χ0) is 31.7. The van der Waals surface area contributed by atoms with Crippen LogP contribution in [0.25, 0.3) is 0 Å². The van der Waals surface area contributed by atoms with Crippen LogP contribution in [0, 0.1) is 0 Å². The zero-order valence-corrected chi connectivity index (χ0v) is 27.1. The molecule has 0 unspecified atom stereocenters. The van der Waals surface area contributed by atoms with E-state index in [0.29, 0.717) is 46.9 Å². The Bertz CT molecular complexity index is 1550. The van der Waals surface area contributed by atoms with Crippen molar-refractivity contribution in [2.75, 3.05) is 36.4 Å². The van der Waals surface area contributed by atoms with Crippen molar-refractivity contribution in [3.05, 3.63) is 87.9 Å². The van der Waals surface area contributed by atoms with E-state index >= 15 is 0 Å². The second-order valence-corrected chi connectivity index (χ2v) is 13.4. The number of nitrogens with one attached hydrogen (secondary N) is 1. The Kier molecular flexibility index (Phi) is 11.8. The van der Waals surface area contributed by atoms with E-state index in [2.05, 4.69) is 5.32 Å². The van der Waals surface area contributed by atoms with E-state index in [0.717, 1.165) is 22.7 Å². The molecule has 0 radical (unpaired) electrons. The molecule has 1 aliphatic heterocycles. The molecule has 9 nitrogen and oxygen atoms in total. The number of rotatable bonds is 14. The number of amides is 2. The molecule has 0 bridgehead atoms. The number of unbranched alkanes of at least 4 members (excludes halogenated alkanes) is 1. The van der Waals surface area contributed by atoms with Crippen LogP contribution in [0.1, 0.15) is 37.8 Å². The molecule has 1 heterocycles. The van der Waals surface area contributed by atoms with Gasteiger partial charge in [0.05, 0.1) is 21.5 Å². The molecular formula is C32H37Cl2N3O6S. The van der Waals surface area contributed by atoms with Crippen LogP contribution in [-0.4, -0.2) is 63.2 Å². The Labute approximate surface area is 269 Å². The lowest BCUT2D eigenvalue weighted by molar-refractivity contribution is -0.140. The molecule has 236 valence electrons. The number of nitrogens with zero attached hydrogens (tertiary/aromatic N) is 2. The lowest BCUT2D eigenvalue weighted by Gasteiger charge is -2.34. The summed E-state index contributed by atoms with van der Waals surface area (Å²) in [6.45, 7) is 4.14. The molecular weight excluding hydrogens is 625 g/mol. The minimum atomic E-state index is -3.93. The maximum atomic E-state index is 14.3. The minimum absolute atomic E-state index is 0.00439. The molecule has 3 aromatic carbocycles. The number of benzene rings is 3. The summed E-state index contributed by atoms with van der Waals surface area (Å²) >= 11 is 12.5. The van der Waals surface area contributed by atoms with Gasteiger partial charge in [0.15, 0.2) is 11.5 Å². The van der Waals surface area contributed by atoms with E-state index in [1.54, 1.807) is 36.4 Å². The molecule has 0 aliphatic carbocycles. The summed E-state index contributed by atoms with van der Waals surface area (Å²) in [7, 11) is -3.93. The first-order valence-corrected chi connectivity index (χ1v) is 16.9. The standard InChI is InChI=1S/C32H37Cl2N3O6S/c1-3-5-15-35-32(39)28(19-23-9-7-6-8-10-23)36(21-24-11-13-26(33)27(34)18-24)31(38)22-37(44(40,41)4-2)25-12-14-29-30(20-25)43-17-16-42-29/h6-14,18,20,28H,3-5,15-17,19,21-22H2,1-2H3,(H,35,39)/t28-/m0/s1. The number of anilines is 1. The van der Waals surface area contributed by atoms with Gasteiger partial charge in [-0.05, 0) is 48.7 Å². The van der Waals surface area contributed by atoms with Gasteiger partial charge in [0.2, 0.25) is 21.8 Å². The average molecular weight is 663 g/mol. The summed E-state index contributed by atoms with van der Waals surface area (Å²) in [6, 6.07) is 18.2. The molecule has 2 amide bonds. The van der Waals surface area contributed by atoms with Crippen LogP contribution in [0.4, 0.5) is 5.69 Å². The van der Waals surface area contributed by atoms with Gasteiger partial charge < -0.3 is 19.7 Å². The van der Waals surface area contributed by atoms with E-state index in [4.69, 9.17) is 32.7 Å². The van der Waals surface area contributed by atoms with Crippen LogP contribution in [0.2, 0.25) is 10.0 Å². The molecule has 3 aromatic rings. The monoisotopic (exact) mass is 661 g/mol. The third-order valence-corrected chi connectivity index (χ3v) is 9.71. The van der Waals surface area contributed by atoms with Gasteiger partial charge in [-0.15, -0.1) is 0 Å². The van der Waals surface area contributed by atoms with E-state index < -0.39 is 28.5 Å². The fourth-order valence-electron chi connectivity index (χ4n) is 4.80. The Morgan fingerprint density at radius 1 is 0.909 bits per heavy atom. The average Bonchev–Trinajstić information content (AvgIpc) is 3.03. The SMILES string of the molecule is CCCCNC(=O)[C@H](Cc1ccccc1)N(Cc1ccc(Cl)c(Cl)c1)C(=O)CN(c1ccc2c(c1)OCCO2)S(=O)(=O)CC. The highest BCUT2D eigenvalue weighted by Gasteiger charge is 2.34. The molecule has 44 heavy (non-hydrogen) atoms. The number of fused-ring (bicyclic) bond motifs is 1. The summed E-state index contributed by atoms with van der Waals surface area (Å²) in [5, 5.41) is 3.62. The van der Waals surface area contributed by atoms with Crippen LogP contribution in [0.5, 0.6) is 11.5 Å². The maximum Gasteiger partial charge on any atom is 0.244 e. The van der Waals surface area contributed by atoms with Crippen molar-refractivity contribution >= 4 is 50.7 Å². The Balaban J connectivity index is 1.75. The highest BCUT2D eigenvalue weighted by molar-refractivity contribution is 7.92. The van der Waals surface area contributed by atoms with Crippen molar-refractivity contribution in [3.8, 4) is 11.5 Å². The number of halogens is 2. The molecule has 0 saturated heterocycles. The van der Waals surface area contributed by atoms with E-state index in [1.807, 2.05) is 37.3 Å². The van der Waals surface area contributed by atoms with Gasteiger partial charge in [-0.25, -0.2) is 8.42 Å². The fourth-order valence-corrected chi connectivity index (χ4v) is 6.18. The molecule has 1 atom stereocenters. The number of hydrogen-bond donors (Lipinski definition) is 1. The second-order valence-electron chi connectivity index (χ2n) is 10.4. The number of carbonyl (C=O) groups is 2. The molecule has 0 fully saturated rings. The Morgan fingerprint density at radius 3 is 2.32 bits per heavy atom. The zero-order valence-electron chi connectivity index (χ0n) is 24.8. The van der Waals surface area contributed by atoms with Gasteiger partial charge >= 0.3 is 0 Å². The molecule has 0 spiro atoms. The minimum Gasteiger partial charge on any atom is -0.486 e. The predicted octanol–water partition coefficient (Wildman–Crippen LogP) is 5.48. The number of sulfonamides is 1. The topological polar surface area (TPSA) is 105 Å². The van der Waals surface area contributed by atoms with Crippen molar-refractivity contribution in [2.45, 2.75) is 45.7 Å². The van der Waals surface area contributed by atoms with Crippen LogP contribution in [-0.2, 0) is 32.6 Å². The largest absolute Gasteiger partial charge is 0.486 e. The fraction of sp³-hybridized carbons (Fsp3) is 0.375. The molecule has 1 aliphatic rings. The summed E-state index contributed by atoms with van der Waals surface area (Å²) in [5.74, 6) is -0.253. The highest BCUT2D eigenvalue weighted by Crippen LogP contribution is 2.35. The van der Waals surface area contributed by atoms with Crippen LogP contribution in [0.3, 0.4) is 0 Å². The summed E-state index contributed by atoms with van der Waals surface area (Å²) in [5.41, 5.74) is 1.74. The third kappa shape index (κ3) is 8.58. The number of ether oxygens (including phenoxy) is 2. The molecule has 12 heteroatoms. The van der Waals surface area contributed by atoms with Crippen molar-refractivity contribution < 1.29 is 27.5 Å². The number of hydrogen-bond acceptors (Lipinski definition) is 6. The first-order valence-electron chi connectivity index (χ1n) is 14.6. The summed E-state index contributed by atoms with van der Waals surface area (Å²) < 4.78 is 39.1. The van der Waals surface area contributed by atoms with Crippen LogP contribution >= 0.6 is 23.2 Å². The van der Waals surface area contributed by atoms with E-state index in [1.165, 1.54) is 11.8 Å². The van der Waals surface area contributed by atoms with Gasteiger partial charge in [-0.1, -0.05) is 72.9 Å². The molecule has 0 saturated carbocycles. The van der Waals surface area contributed by atoms with Crippen molar-refractivity contribution in [1.29, 1.82) is 0 Å².